The molecule has 1 saturated carbocycles. The number of rotatable bonds is 5. The fourth-order valence-corrected chi connectivity index (χ4v) is 3.86. The number of carbonyl (C=O) groups is 1. The van der Waals surface area contributed by atoms with Crippen molar-refractivity contribution in [2.45, 2.75) is 70.5 Å². The lowest BCUT2D eigenvalue weighted by atomic mass is 9.75. The molecule has 5 nitrogen and oxygen atoms in total. The number of aliphatic carboxylic acids is 1. The van der Waals surface area contributed by atoms with E-state index in [1.807, 2.05) is 0 Å². The van der Waals surface area contributed by atoms with Crippen molar-refractivity contribution in [3.63, 3.8) is 0 Å². The summed E-state index contributed by atoms with van der Waals surface area (Å²) in [6.45, 7) is 8.84. The molecule has 1 fully saturated rings. The Morgan fingerprint density at radius 1 is 1.48 bits per heavy atom. The van der Waals surface area contributed by atoms with E-state index < -0.39 is 5.97 Å². The van der Waals surface area contributed by atoms with Crippen LogP contribution in [0.2, 0.25) is 0 Å². The Morgan fingerprint density at radius 2 is 2.19 bits per heavy atom. The van der Waals surface area contributed by atoms with Crippen LogP contribution in [0.3, 0.4) is 0 Å². The van der Waals surface area contributed by atoms with Crippen molar-refractivity contribution in [3.05, 3.63) is 5.82 Å². The van der Waals surface area contributed by atoms with Crippen LogP contribution in [0, 0.1) is 5.41 Å². The molecular formula is C15H25N3O2S. The lowest BCUT2D eigenvalue weighted by Gasteiger charge is -2.37. The minimum absolute atomic E-state index is 0.0341. The van der Waals surface area contributed by atoms with Crippen LogP contribution in [-0.2, 0) is 4.79 Å². The lowest BCUT2D eigenvalue weighted by molar-refractivity contribution is -0.133. The van der Waals surface area contributed by atoms with E-state index in [1.165, 1.54) is 24.6 Å². The Bertz CT molecular complexity index is 511. The highest BCUT2D eigenvalue weighted by molar-refractivity contribution is 7.99. The highest BCUT2D eigenvalue weighted by Gasteiger charge is 2.32. The molecule has 118 valence electrons. The van der Waals surface area contributed by atoms with Gasteiger partial charge < -0.3 is 9.67 Å². The van der Waals surface area contributed by atoms with Gasteiger partial charge >= 0.3 is 5.97 Å². The van der Waals surface area contributed by atoms with Crippen LogP contribution in [-0.4, -0.2) is 31.6 Å². The minimum atomic E-state index is -0.815. The quantitative estimate of drug-likeness (QED) is 0.839. The van der Waals surface area contributed by atoms with Gasteiger partial charge in [0.1, 0.15) is 5.82 Å². The summed E-state index contributed by atoms with van der Waals surface area (Å²) in [6.07, 6.45) is 4.68. The van der Waals surface area contributed by atoms with Gasteiger partial charge in [-0.3, -0.25) is 4.79 Å². The fourth-order valence-electron chi connectivity index (χ4n) is 3.13. The molecule has 1 unspecified atom stereocenters. The second-order valence-corrected chi connectivity index (χ2v) is 7.90. The standard InChI is InChI=1S/C15H25N3O2S/c1-10(2)13-16-17-14(21-9-12(19)20)18(13)11-6-5-7-15(3,4)8-11/h10-11H,5-9H2,1-4H3,(H,19,20). The predicted molar refractivity (Wildman–Crippen MR) is 83.8 cm³/mol. The molecule has 1 heterocycles. The van der Waals surface area contributed by atoms with Crippen LogP contribution in [0.4, 0.5) is 0 Å². The second-order valence-electron chi connectivity index (χ2n) is 6.96. The van der Waals surface area contributed by atoms with Gasteiger partial charge in [-0.05, 0) is 24.7 Å². The molecule has 1 N–H and O–H groups in total. The predicted octanol–water partition coefficient (Wildman–Crippen LogP) is 3.72. The van der Waals surface area contributed by atoms with Gasteiger partial charge in [0.05, 0.1) is 5.75 Å². The summed E-state index contributed by atoms with van der Waals surface area (Å²) in [7, 11) is 0. The van der Waals surface area contributed by atoms with E-state index in [1.54, 1.807) is 0 Å². The number of nitrogens with zero attached hydrogens (tertiary/aromatic N) is 3. The van der Waals surface area contributed by atoms with E-state index in [0.29, 0.717) is 17.4 Å². The molecule has 1 aromatic rings. The molecule has 0 aliphatic heterocycles. The summed E-state index contributed by atoms with van der Waals surface area (Å²) in [5, 5.41) is 18.2. The largest absolute Gasteiger partial charge is 0.481 e. The first-order valence-electron chi connectivity index (χ1n) is 7.59. The van der Waals surface area contributed by atoms with Crippen molar-refractivity contribution < 1.29 is 9.90 Å². The average Bonchev–Trinajstić information content (AvgIpc) is 2.78. The zero-order chi connectivity index (χ0) is 15.6. The Labute approximate surface area is 130 Å². The molecule has 2 rings (SSSR count). The molecule has 0 bridgehead atoms. The normalized spacial score (nSPS) is 21.7. The van der Waals surface area contributed by atoms with Crippen molar-refractivity contribution in [1.29, 1.82) is 0 Å². The van der Waals surface area contributed by atoms with Crippen molar-refractivity contribution >= 4 is 17.7 Å². The molecule has 1 aromatic heterocycles. The molecular weight excluding hydrogens is 286 g/mol. The Morgan fingerprint density at radius 3 is 2.76 bits per heavy atom. The maximum atomic E-state index is 10.8. The molecule has 0 aromatic carbocycles. The first-order chi connectivity index (χ1) is 9.80. The topological polar surface area (TPSA) is 68.0 Å². The van der Waals surface area contributed by atoms with Gasteiger partial charge in [0.15, 0.2) is 5.16 Å². The fraction of sp³-hybridized carbons (Fsp3) is 0.800. The highest BCUT2D eigenvalue weighted by atomic mass is 32.2. The number of hydrogen-bond acceptors (Lipinski definition) is 4. The smallest absolute Gasteiger partial charge is 0.313 e. The summed E-state index contributed by atoms with van der Waals surface area (Å²) in [6, 6.07) is 0.387. The van der Waals surface area contributed by atoms with E-state index in [9.17, 15) is 4.79 Å². The van der Waals surface area contributed by atoms with Gasteiger partial charge in [0.2, 0.25) is 0 Å². The van der Waals surface area contributed by atoms with Crippen LogP contribution in [0.15, 0.2) is 5.16 Å². The molecule has 1 aliphatic carbocycles. The van der Waals surface area contributed by atoms with Crippen LogP contribution in [0.5, 0.6) is 0 Å². The molecule has 0 spiro atoms. The van der Waals surface area contributed by atoms with E-state index in [4.69, 9.17) is 5.11 Å². The third kappa shape index (κ3) is 3.99. The molecule has 0 saturated heterocycles. The molecule has 1 atom stereocenters. The van der Waals surface area contributed by atoms with Crippen molar-refractivity contribution in [2.24, 2.45) is 5.41 Å². The number of aromatic nitrogens is 3. The van der Waals surface area contributed by atoms with E-state index in [-0.39, 0.29) is 5.75 Å². The molecule has 0 amide bonds. The van der Waals surface area contributed by atoms with Crippen LogP contribution in [0.1, 0.15) is 71.2 Å². The van der Waals surface area contributed by atoms with Crippen LogP contribution < -0.4 is 0 Å². The van der Waals surface area contributed by atoms with E-state index >= 15 is 0 Å². The Balaban J connectivity index is 2.29. The average molecular weight is 311 g/mol. The van der Waals surface area contributed by atoms with Crippen molar-refractivity contribution in [1.82, 2.24) is 14.8 Å². The summed E-state index contributed by atoms with van der Waals surface area (Å²) in [5.41, 5.74) is 0.330. The maximum absolute atomic E-state index is 10.8. The monoisotopic (exact) mass is 311 g/mol. The van der Waals surface area contributed by atoms with Gasteiger partial charge in [0, 0.05) is 12.0 Å². The van der Waals surface area contributed by atoms with Gasteiger partial charge in [0.25, 0.3) is 0 Å². The summed E-state index contributed by atoms with van der Waals surface area (Å²) in [5.74, 6) is 0.490. The number of thioether (sulfide) groups is 1. The number of hydrogen-bond donors (Lipinski definition) is 1. The minimum Gasteiger partial charge on any atom is -0.481 e. The molecule has 0 radical (unpaired) electrons. The lowest BCUT2D eigenvalue weighted by Crippen LogP contribution is -2.26. The van der Waals surface area contributed by atoms with Crippen LogP contribution >= 0.6 is 11.8 Å². The molecule has 1 aliphatic rings. The Kier molecular flexibility index (Phi) is 4.96. The SMILES string of the molecule is CC(C)c1nnc(SCC(=O)O)n1C1CCCC(C)(C)C1. The van der Waals surface area contributed by atoms with E-state index in [0.717, 1.165) is 23.8 Å². The van der Waals surface area contributed by atoms with Gasteiger partial charge in [-0.2, -0.15) is 0 Å². The second kappa shape index (κ2) is 6.38. The zero-order valence-electron chi connectivity index (χ0n) is 13.3. The van der Waals surface area contributed by atoms with Gasteiger partial charge in [-0.15, -0.1) is 10.2 Å². The van der Waals surface area contributed by atoms with Crippen molar-refractivity contribution in [3.8, 4) is 0 Å². The van der Waals surface area contributed by atoms with Gasteiger partial charge in [-0.1, -0.05) is 45.9 Å². The number of carboxylic acid groups (broad SMARTS) is 1. The first kappa shape index (κ1) is 16.3. The third-order valence-electron chi connectivity index (χ3n) is 4.08. The first-order valence-corrected chi connectivity index (χ1v) is 8.58. The summed E-state index contributed by atoms with van der Waals surface area (Å²) in [4.78, 5) is 10.8. The summed E-state index contributed by atoms with van der Waals surface area (Å²) >= 11 is 1.28. The molecule has 6 heteroatoms. The summed E-state index contributed by atoms with van der Waals surface area (Å²) < 4.78 is 2.21. The highest BCUT2D eigenvalue weighted by Crippen LogP contribution is 2.43. The number of carboxylic acids is 1. The zero-order valence-corrected chi connectivity index (χ0v) is 14.1. The Hall–Kier alpha value is -1.04. The maximum Gasteiger partial charge on any atom is 0.313 e. The van der Waals surface area contributed by atoms with Crippen LogP contribution in [0.25, 0.3) is 0 Å². The third-order valence-corrected chi connectivity index (χ3v) is 5.00. The van der Waals surface area contributed by atoms with Gasteiger partial charge in [-0.25, -0.2) is 0 Å². The van der Waals surface area contributed by atoms with Crippen molar-refractivity contribution in [2.75, 3.05) is 5.75 Å². The molecule has 21 heavy (non-hydrogen) atoms. The van der Waals surface area contributed by atoms with E-state index in [2.05, 4.69) is 42.5 Å².